The molecule has 0 saturated heterocycles. The molecular formula is C14H11FN2O3. The van der Waals surface area contributed by atoms with Crippen molar-refractivity contribution in [2.45, 2.75) is 6.54 Å². The minimum absolute atomic E-state index is 0.130. The second-order valence-corrected chi connectivity index (χ2v) is 4.03. The number of nitrogens with zero attached hydrogens (tertiary/aromatic N) is 1. The molecule has 2 rings (SSSR count). The summed E-state index contributed by atoms with van der Waals surface area (Å²) in [6.45, 7) is 0.174. The van der Waals surface area contributed by atoms with Crippen molar-refractivity contribution in [2.24, 2.45) is 0 Å². The molecule has 5 nitrogen and oxygen atoms in total. The predicted molar refractivity (Wildman–Crippen MR) is 68.8 cm³/mol. The molecule has 0 aliphatic rings. The fourth-order valence-electron chi connectivity index (χ4n) is 1.60. The van der Waals surface area contributed by atoms with Gasteiger partial charge in [-0.15, -0.1) is 0 Å². The van der Waals surface area contributed by atoms with Crippen molar-refractivity contribution in [2.75, 3.05) is 0 Å². The van der Waals surface area contributed by atoms with E-state index in [4.69, 9.17) is 5.11 Å². The van der Waals surface area contributed by atoms with E-state index in [0.29, 0.717) is 5.56 Å². The number of benzene rings is 1. The molecule has 2 N–H and O–H groups in total. The van der Waals surface area contributed by atoms with Gasteiger partial charge in [0.1, 0.15) is 0 Å². The van der Waals surface area contributed by atoms with Crippen LogP contribution in [0.2, 0.25) is 0 Å². The standard InChI is InChI=1S/C14H11FN2O3/c15-12-11(2-1-7-16-12)13(18)17-8-9-3-5-10(6-4-9)14(19)20/h1-7H,8H2,(H,17,18)(H,19,20). The molecule has 0 unspecified atom stereocenters. The van der Waals surface area contributed by atoms with Gasteiger partial charge in [0.25, 0.3) is 5.91 Å². The molecule has 0 saturated carbocycles. The lowest BCUT2D eigenvalue weighted by molar-refractivity contribution is 0.0696. The van der Waals surface area contributed by atoms with Gasteiger partial charge in [-0.3, -0.25) is 4.79 Å². The van der Waals surface area contributed by atoms with Crippen molar-refractivity contribution < 1.29 is 19.1 Å². The summed E-state index contributed by atoms with van der Waals surface area (Å²) in [5.41, 5.74) is 0.751. The maximum atomic E-state index is 13.3. The monoisotopic (exact) mass is 274 g/mol. The third-order valence-corrected chi connectivity index (χ3v) is 2.66. The zero-order valence-corrected chi connectivity index (χ0v) is 10.3. The van der Waals surface area contributed by atoms with Crippen molar-refractivity contribution in [3.05, 3.63) is 65.2 Å². The summed E-state index contributed by atoms with van der Waals surface area (Å²) in [6, 6.07) is 8.86. The summed E-state index contributed by atoms with van der Waals surface area (Å²) in [5.74, 6) is -2.41. The van der Waals surface area contributed by atoms with E-state index in [1.54, 1.807) is 12.1 Å². The van der Waals surface area contributed by atoms with E-state index in [-0.39, 0.29) is 17.7 Å². The van der Waals surface area contributed by atoms with E-state index >= 15 is 0 Å². The van der Waals surface area contributed by atoms with Crippen LogP contribution in [0.4, 0.5) is 4.39 Å². The molecule has 0 spiro atoms. The van der Waals surface area contributed by atoms with Crippen molar-refractivity contribution in [3.63, 3.8) is 0 Å². The number of hydrogen-bond donors (Lipinski definition) is 2. The summed E-state index contributed by atoms with van der Waals surface area (Å²) < 4.78 is 13.3. The number of aromatic nitrogens is 1. The first-order valence-electron chi connectivity index (χ1n) is 5.79. The first kappa shape index (κ1) is 13.7. The summed E-state index contributed by atoms with van der Waals surface area (Å²) in [7, 11) is 0. The van der Waals surface area contributed by atoms with Crippen LogP contribution in [-0.2, 0) is 6.54 Å². The quantitative estimate of drug-likeness (QED) is 0.834. The van der Waals surface area contributed by atoms with Crippen LogP contribution in [0, 0.1) is 5.95 Å². The fourth-order valence-corrected chi connectivity index (χ4v) is 1.60. The number of carbonyl (C=O) groups excluding carboxylic acids is 1. The molecule has 1 amide bonds. The van der Waals surface area contributed by atoms with Gasteiger partial charge < -0.3 is 10.4 Å². The highest BCUT2D eigenvalue weighted by Crippen LogP contribution is 2.06. The fraction of sp³-hybridized carbons (Fsp3) is 0.0714. The number of aromatic carboxylic acids is 1. The molecule has 1 aromatic carbocycles. The lowest BCUT2D eigenvalue weighted by Crippen LogP contribution is -2.24. The molecule has 0 bridgehead atoms. The van der Waals surface area contributed by atoms with Crippen LogP contribution in [0.15, 0.2) is 42.6 Å². The Kier molecular flexibility index (Phi) is 4.05. The predicted octanol–water partition coefficient (Wildman–Crippen LogP) is 1.85. The van der Waals surface area contributed by atoms with Crippen LogP contribution in [0.25, 0.3) is 0 Å². The smallest absolute Gasteiger partial charge is 0.335 e. The highest BCUT2D eigenvalue weighted by atomic mass is 19.1. The van der Waals surface area contributed by atoms with Crippen molar-refractivity contribution >= 4 is 11.9 Å². The zero-order chi connectivity index (χ0) is 14.5. The highest BCUT2D eigenvalue weighted by Gasteiger charge is 2.11. The van der Waals surface area contributed by atoms with Gasteiger partial charge in [0.15, 0.2) is 0 Å². The van der Waals surface area contributed by atoms with E-state index < -0.39 is 17.8 Å². The number of pyridine rings is 1. The topological polar surface area (TPSA) is 79.3 Å². The Balaban J connectivity index is 2.00. The Morgan fingerprint density at radius 1 is 1.20 bits per heavy atom. The van der Waals surface area contributed by atoms with Gasteiger partial charge in [0.2, 0.25) is 5.95 Å². The molecule has 0 radical (unpaired) electrons. The Labute approximate surface area is 114 Å². The maximum absolute atomic E-state index is 13.3. The van der Waals surface area contributed by atoms with Crippen LogP contribution in [0.1, 0.15) is 26.3 Å². The number of nitrogens with one attached hydrogen (secondary N) is 1. The number of hydrogen-bond acceptors (Lipinski definition) is 3. The third-order valence-electron chi connectivity index (χ3n) is 2.66. The number of carbonyl (C=O) groups is 2. The van der Waals surface area contributed by atoms with E-state index in [1.807, 2.05) is 0 Å². The van der Waals surface area contributed by atoms with Gasteiger partial charge in [-0.2, -0.15) is 4.39 Å². The number of carboxylic acid groups (broad SMARTS) is 1. The number of amides is 1. The Morgan fingerprint density at radius 2 is 1.90 bits per heavy atom. The third kappa shape index (κ3) is 3.17. The van der Waals surface area contributed by atoms with Crippen molar-refractivity contribution in [1.29, 1.82) is 0 Å². The van der Waals surface area contributed by atoms with Crippen molar-refractivity contribution in [3.8, 4) is 0 Å². The SMILES string of the molecule is O=C(O)c1ccc(CNC(=O)c2cccnc2F)cc1. The molecule has 6 heteroatoms. The van der Waals surface area contributed by atoms with E-state index in [0.717, 1.165) is 0 Å². The molecule has 0 aliphatic heterocycles. The largest absolute Gasteiger partial charge is 0.478 e. The van der Waals surface area contributed by atoms with Crippen LogP contribution < -0.4 is 5.32 Å². The summed E-state index contributed by atoms with van der Waals surface area (Å²) in [4.78, 5) is 25.8. The van der Waals surface area contributed by atoms with E-state index in [9.17, 15) is 14.0 Å². The van der Waals surface area contributed by atoms with E-state index in [1.165, 1.54) is 30.5 Å². The van der Waals surface area contributed by atoms with Crippen LogP contribution in [0.3, 0.4) is 0 Å². The normalized spacial score (nSPS) is 10.1. The van der Waals surface area contributed by atoms with Crippen LogP contribution in [0.5, 0.6) is 0 Å². The molecule has 102 valence electrons. The summed E-state index contributed by atoms with van der Waals surface area (Å²) in [5, 5.41) is 11.3. The zero-order valence-electron chi connectivity index (χ0n) is 10.3. The minimum atomic E-state index is -1.02. The number of rotatable bonds is 4. The molecule has 2 aromatic rings. The van der Waals surface area contributed by atoms with E-state index in [2.05, 4.69) is 10.3 Å². The molecule has 0 fully saturated rings. The van der Waals surface area contributed by atoms with Crippen LogP contribution in [-0.4, -0.2) is 22.0 Å². The molecular weight excluding hydrogens is 263 g/mol. The minimum Gasteiger partial charge on any atom is -0.478 e. The lowest BCUT2D eigenvalue weighted by Gasteiger charge is -2.06. The van der Waals surface area contributed by atoms with Gasteiger partial charge >= 0.3 is 5.97 Å². The second kappa shape index (κ2) is 5.92. The molecule has 0 atom stereocenters. The Bertz CT molecular complexity index is 641. The first-order valence-corrected chi connectivity index (χ1v) is 5.79. The van der Waals surface area contributed by atoms with Gasteiger partial charge in [-0.1, -0.05) is 12.1 Å². The Morgan fingerprint density at radius 3 is 2.50 bits per heavy atom. The maximum Gasteiger partial charge on any atom is 0.335 e. The second-order valence-electron chi connectivity index (χ2n) is 4.03. The van der Waals surface area contributed by atoms with Crippen LogP contribution >= 0.6 is 0 Å². The summed E-state index contributed by atoms with van der Waals surface area (Å²) in [6.07, 6.45) is 1.26. The van der Waals surface area contributed by atoms with Gasteiger partial charge in [-0.25, -0.2) is 9.78 Å². The molecule has 1 heterocycles. The highest BCUT2D eigenvalue weighted by molar-refractivity contribution is 5.94. The molecule has 1 aromatic heterocycles. The van der Waals surface area contributed by atoms with Gasteiger partial charge in [0, 0.05) is 12.7 Å². The molecule has 0 aliphatic carbocycles. The average Bonchev–Trinajstić information content (AvgIpc) is 2.45. The van der Waals surface area contributed by atoms with Gasteiger partial charge in [0.05, 0.1) is 11.1 Å². The number of halogens is 1. The molecule has 20 heavy (non-hydrogen) atoms. The first-order chi connectivity index (χ1) is 9.58. The summed E-state index contributed by atoms with van der Waals surface area (Å²) >= 11 is 0. The average molecular weight is 274 g/mol. The van der Waals surface area contributed by atoms with Gasteiger partial charge in [-0.05, 0) is 29.8 Å². The number of carboxylic acids is 1. The van der Waals surface area contributed by atoms with Crippen molar-refractivity contribution in [1.82, 2.24) is 10.3 Å². The Hall–Kier alpha value is -2.76. The lowest BCUT2D eigenvalue weighted by atomic mass is 10.1.